The molecule has 4 heteroatoms. The Balaban J connectivity index is 1.52. The first-order valence-corrected chi connectivity index (χ1v) is 11.3. The molecule has 1 fully saturated rings. The Labute approximate surface area is 182 Å². The van der Waals surface area contributed by atoms with E-state index in [9.17, 15) is 8.78 Å². The normalized spacial score (nSPS) is 19.1. The highest BCUT2D eigenvalue weighted by Crippen LogP contribution is 2.39. The summed E-state index contributed by atoms with van der Waals surface area (Å²) in [4.78, 5) is 0. The third kappa shape index (κ3) is 5.06. The molecule has 0 spiro atoms. The van der Waals surface area contributed by atoms with Crippen LogP contribution >= 0.6 is 0 Å². The summed E-state index contributed by atoms with van der Waals surface area (Å²) in [7, 11) is 0. The number of rotatable bonds is 7. The van der Waals surface area contributed by atoms with Crippen LogP contribution in [-0.2, 0) is 0 Å². The van der Waals surface area contributed by atoms with Gasteiger partial charge in [0, 0.05) is 10.9 Å². The summed E-state index contributed by atoms with van der Waals surface area (Å²) in [6.07, 6.45) is 8.97. The first kappa shape index (κ1) is 21.7. The lowest BCUT2D eigenvalue weighted by Gasteiger charge is -2.29. The summed E-state index contributed by atoms with van der Waals surface area (Å²) in [5.74, 6) is 1.21. The average Bonchev–Trinajstić information content (AvgIpc) is 2.78. The van der Waals surface area contributed by atoms with E-state index in [1.54, 1.807) is 18.2 Å². The smallest absolute Gasteiger partial charge is 0.387 e. The molecule has 3 aromatic rings. The lowest BCUT2D eigenvalue weighted by molar-refractivity contribution is -0.0498. The minimum atomic E-state index is -2.87. The van der Waals surface area contributed by atoms with Crippen molar-refractivity contribution in [2.45, 2.75) is 64.4 Å². The molecule has 3 aromatic carbocycles. The fraction of sp³-hybridized carbons (Fsp3) is 0.407. The predicted molar refractivity (Wildman–Crippen MR) is 120 cm³/mol. The SMILES string of the molecule is CCCC[C@H]1CC[C@H](c2ccc3c(F)c(-c4ccc(OC(F)F)cc4)ccc3c2)CC1. The second-order valence-corrected chi connectivity index (χ2v) is 8.67. The number of hydrogen-bond acceptors (Lipinski definition) is 1. The fourth-order valence-electron chi connectivity index (χ4n) is 4.88. The van der Waals surface area contributed by atoms with Crippen molar-refractivity contribution in [3.63, 3.8) is 0 Å². The Hall–Kier alpha value is -2.49. The molecule has 0 aliphatic heterocycles. The van der Waals surface area contributed by atoms with Crippen molar-refractivity contribution < 1.29 is 17.9 Å². The van der Waals surface area contributed by atoms with Gasteiger partial charge in [-0.15, -0.1) is 0 Å². The van der Waals surface area contributed by atoms with Crippen molar-refractivity contribution in [2.75, 3.05) is 0 Å². The number of unbranched alkanes of at least 4 members (excludes halogenated alkanes) is 1. The standard InChI is InChI=1S/C27H29F3O/c1-2-3-4-18-5-7-19(8-6-18)21-11-15-25-22(17-21)12-16-24(26(25)28)20-9-13-23(14-10-20)31-27(29)30/h9-19,27H,2-8H2,1H3/t18-,19-. The molecule has 31 heavy (non-hydrogen) atoms. The predicted octanol–water partition coefficient (Wildman–Crippen LogP) is 8.71. The molecule has 4 rings (SSSR count). The number of benzene rings is 3. The third-order valence-corrected chi connectivity index (χ3v) is 6.65. The molecular formula is C27H29F3O. The van der Waals surface area contributed by atoms with Crippen LogP contribution in [0.2, 0.25) is 0 Å². The Bertz CT molecular complexity index is 1000. The number of hydrogen-bond donors (Lipinski definition) is 0. The number of ether oxygens (including phenoxy) is 1. The lowest BCUT2D eigenvalue weighted by atomic mass is 9.77. The van der Waals surface area contributed by atoms with Crippen LogP contribution < -0.4 is 4.74 Å². The molecule has 0 saturated heterocycles. The van der Waals surface area contributed by atoms with E-state index in [0.717, 1.165) is 11.3 Å². The third-order valence-electron chi connectivity index (χ3n) is 6.65. The molecule has 0 unspecified atom stereocenters. The van der Waals surface area contributed by atoms with Gasteiger partial charge < -0.3 is 4.74 Å². The van der Waals surface area contributed by atoms with Gasteiger partial charge in [0.1, 0.15) is 11.6 Å². The second-order valence-electron chi connectivity index (χ2n) is 8.67. The van der Waals surface area contributed by atoms with Gasteiger partial charge in [-0.05, 0) is 66.2 Å². The minimum absolute atomic E-state index is 0.0639. The zero-order chi connectivity index (χ0) is 21.8. The molecular weight excluding hydrogens is 397 g/mol. The number of alkyl halides is 2. The van der Waals surface area contributed by atoms with Crippen molar-refractivity contribution >= 4 is 10.8 Å². The molecule has 1 nitrogen and oxygen atoms in total. The zero-order valence-electron chi connectivity index (χ0n) is 17.9. The van der Waals surface area contributed by atoms with Gasteiger partial charge in [0.25, 0.3) is 0 Å². The van der Waals surface area contributed by atoms with Gasteiger partial charge in [0.2, 0.25) is 0 Å². The van der Waals surface area contributed by atoms with Crippen molar-refractivity contribution in [3.05, 3.63) is 66.0 Å². The quantitative estimate of drug-likeness (QED) is 0.367. The largest absolute Gasteiger partial charge is 0.435 e. The Morgan fingerprint density at radius 2 is 1.68 bits per heavy atom. The van der Waals surface area contributed by atoms with Crippen molar-refractivity contribution in [1.29, 1.82) is 0 Å². The van der Waals surface area contributed by atoms with Crippen LogP contribution in [0.15, 0.2) is 54.6 Å². The average molecular weight is 427 g/mol. The monoisotopic (exact) mass is 426 g/mol. The van der Waals surface area contributed by atoms with Gasteiger partial charge in [-0.1, -0.05) is 68.7 Å². The molecule has 0 aromatic heterocycles. The minimum Gasteiger partial charge on any atom is -0.435 e. The lowest BCUT2D eigenvalue weighted by Crippen LogP contribution is -2.13. The van der Waals surface area contributed by atoms with Gasteiger partial charge in [0.05, 0.1) is 0 Å². The maximum Gasteiger partial charge on any atom is 0.387 e. The van der Waals surface area contributed by atoms with Crippen molar-refractivity contribution in [1.82, 2.24) is 0 Å². The highest BCUT2D eigenvalue weighted by molar-refractivity contribution is 5.89. The second kappa shape index (κ2) is 9.76. The number of fused-ring (bicyclic) bond motifs is 1. The summed E-state index contributed by atoms with van der Waals surface area (Å²) in [6, 6.07) is 15.9. The van der Waals surface area contributed by atoms with E-state index in [1.807, 2.05) is 12.1 Å². The topological polar surface area (TPSA) is 9.23 Å². The van der Waals surface area contributed by atoms with Gasteiger partial charge >= 0.3 is 6.61 Å². The van der Waals surface area contributed by atoms with Gasteiger partial charge in [-0.3, -0.25) is 0 Å². The first-order valence-electron chi connectivity index (χ1n) is 11.3. The van der Waals surface area contributed by atoms with E-state index in [4.69, 9.17) is 0 Å². The van der Waals surface area contributed by atoms with Crippen molar-refractivity contribution in [2.24, 2.45) is 5.92 Å². The van der Waals surface area contributed by atoms with Crippen LogP contribution in [0.25, 0.3) is 21.9 Å². The zero-order valence-corrected chi connectivity index (χ0v) is 17.9. The molecule has 0 atom stereocenters. The molecule has 0 amide bonds. The van der Waals surface area contributed by atoms with Gasteiger partial charge in [-0.25, -0.2) is 4.39 Å². The molecule has 164 valence electrons. The Kier molecular flexibility index (Phi) is 6.84. The molecule has 1 aliphatic rings. The van der Waals surface area contributed by atoms with Gasteiger partial charge in [-0.2, -0.15) is 8.78 Å². The Morgan fingerprint density at radius 3 is 2.35 bits per heavy atom. The number of halogens is 3. The van der Waals surface area contributed by atoms with Crippen LogP contribution in [0.4, 0.5) is 13.2 Å². The van der Waals surface area contributed by atoms with Crippen LogP contribution in [0.3, 0.4) is 0 Å². The molecule has 0 radical (unpaired) electrons. The molecule has 0 heterocycles. The van der Waals surface area contributed by atoms with E-state index in [-0.39, 0.29) is 11.6 Å². The summed E-state index contributed by atoms with van der Waals surface area (Å²) < 4.78 is 44.3. The van der Waals surface area contributed by atoms with Crippen LogP contribution in [0.5, 0.6) is 5.75 Å². The fourth-order valence-corrected chi connectivity index (χ4v) is 4.88. The van der Waals surface area contributed by atoms with E-state index in [2.05, 4.69) is 23.8 Å². The van der Waals surface area contributed by atoms with Crippen molar-refractivity contribution in [3.8, 4) is 16.9 Å². The molecule has 1 saturated carbocycles. The summed E-state index contributed by atoms with van der Waals surface area (Å²) in [5, 5.41) is 1.50. The molecule has 0 N–H and O–H groups in total. The van der Waals surface area contributed by atoms with Crippen LogP contribution in [0.1, 0.15) is 63.4 Å². The molecule has 1 aliphatic carbocycles. The van der Waals surface area contributed by atoms with Crippen LogP contribution in [-0.4, -0.2) is 6.61 Å². The summed E-state index contributed by atoms with van der Waals surface area (Å²) >= 11 is 0. The van der Waals surface area contributed by atoms with E-state index in [0.29, 0.717) is 22.4 Å². The highest BCUT2D eigenvalue weighted by Gasteiger charge is 2.22. The van der Waals surface area contributed by atoms with Crippen LogP contribution in [0, 0.1) is 11.7 Å². The van der Waals surface area contributed by atoms with Gasteiger partial charge in [0.15, 0.2) is 0 Å². The summed E-state index contributed by atoms with van der Waals surface area (Å²) in [5.41, 5.74) is 2.40. The van der Waals surface area contributed by atoms with E-state index < -0.39 is 6.61 Å². The molecule has 0 bridgehead atoms. The highest BCUT2D eigenvalue weighted by atomic mass is 19.3. The Morgan fingerprint density at radius 1 is 0.935 bits per heavy atom. The van der Waals surface area contributed by atoms with E-state index in [1.165, 1.54) is 62.6 Å². The van der Waals surface area contributed by atoms with E-state index >= 15 is 4.39 Å². The summed E-state index contributed by atoms with van der Waals surface area (Å²) in [6.45, 7) is -0.619. The first-order chi connectivity index (χ1) is 15.0. The maximum absolute atomic E-state index is 15.3. The maximum atomic E-state index is 15.3.